The van der Waals surface area contributed by atoms with Crippen LogP contribution in [0.4, 0.5) is 8.78 Å². The van der Waals surface area contributed by atoms with Crippen LogP contribution in [0.2, 0.25) is 0 Å². The highest BCUT2D eigenvalue weighted by Crippen LogP contribution is 2.29. The van der Waals surface area contributed by atoms with Crippen LogP contribution in [-0.2, 0) is 0 Å². The van der Waals surface area contributed by atoms with Gasteiger partial charge in [-0.1, -0.05) is 18.2 Å². The summed E-state index contributed by atoms with van der Waals surface area (Å²) in [5.41, 5.74) is 7.55. The second-order valence-corrected chi connectivity index (χ2v) is 3.57. The van der Waals surface area contributed by atoms with Crippen LogP contribution in [0, 0.1) is 6.92 Å². The molecule has 0 bridgehead atoms. The van der Waals surface area contributed by atoms with E-state index in [2.05, 4.69) is 4.98 Å². The fourth-order valence-corrected chi connectivity index (χ4v) is 1.85. The van der Waals surface area contributed by atoms with Crippen molar-refractivity contribution in [2.75, 3.05) is 0 Å². The second-order valence-electron chi connectivity index (χ2n) is 3.57. The molecule has 0 amide bonds. The number of H-pyrrole nitrogens is 1. The SMILES string of the molecule is Cc1[nH]c2ccccc2c1[C@@H](N)C(F)F. The van der Waals surface area contributed by atoms with Crippen molar-refractivity contribution in [3.63, 3.8) is 0 Å². The summed E-state index contributed by atoms with van der Waals surface area (Å²) in [6.07, 6.45) is -2.54. The van der Waals surface area contributed by atoms with Crippen LogP contribution in [0.1, 0.15) is 17.3 Å². The third-order valence-electron chi connectivity index (χ3n) is 2.55. The van der Waals surface area contributed by atoms with Gasteiger partial charge in [-0.3, -0.25) is 0 Å². The smallest absolute Gasteiger partial charge is 0.257 e. The summed E-state index contributed by atoms with van der Waals surface area (Å²) < 4.78 is 25.1. The van der Waals surface area contributed by atoms with Crippen molar-refractivity contribution in [2.45, 2.75) is 19.4 Å². The van der Waals surface area contributed by atoms with Gasteiger partial charge in [0.25, 0.3) is 6.43 Å². The lowest BCUT2D eigenvalue weighted by molar-refractivity contribution is 0.116. The molecule has 1 atom stereocenters. The van der Waals surface area contributed by atoms with Crippen LogP contribution < -0.4 is 5.73 Å². The van der Waals surface area contributed by atoms with Gasteiger partial charge in [-0.25, -0.2) is 8.78 Å². The summed E-state index contributed by atoms with van der Waals surface area (Å²) >= 11 is 0. The minimum Gasteiger partial charge on any atom is -0.358 e. The molecule has 1 heterocycles. The van der Waals surface area contributed by atoms with Crippen molar-refractivity contribution in [1.29, 1.82) is 0 Å². The highest BCUT2D eigenvalue weighted by atomic mass is 19.3. The van der Waals surface area contributed by atoms with Gasteiger partial charge in [-0.2, -0.15) is 0 Å². The molecule has 2 aromatic rings. The van der Waals surface area contributed by atoms with E-state index in [0.29, 0.717) is 11.3 Å². The Balaban J connectivity index is 2.63. The van der Waals surface area contributed by atoms with Gasteiger partial charge in [-0.15, -0.1) is 0 Å². The maximum Gasteiger partial charge on any atom is 0.257 e. The Labute approximate surface area is 86.1 Å². The molecular formula is C11H12F2N2. The Kier molecular flexibility index (Phi) is 2.44. The van der Waals surface area contributed by atoms with E-state index in [1.54, 1.807) is 13.0 Å². The van der Waals surface area contributed by atoms with Gasteiger partial charge in [0.15, 0.2) is 0 Å². The molecule has 0 saturated carbocycles. The molecule has 0 spiro atoms. The summed E-state index contributed by atoms with van der Waals surface area (Å²) in [7, 11) is 0. The second kappa shape index (κ2) is 3.62. The first-order valence-corrected chi connectivity index (χ1v) is 4.72. The number of para-hydroxylation sites is 1. The van der Waals surface area contributed by atoms with Crippen molar-refractivity contribution in [3.05, 3.63) is 35.5 Å². The van der Waals surface area contributed by atoms with E-state index in [4.69, 9.17) is 5.73 Å². The molecule has 0 aliphatic carbocycles. The number of halogens is 2. The van der Waals surface area contributed by atoms with Gasteiger partial charge in [-0.05, 0) is 13.0 Å². The maximum absolute atomic E-state index is 12.6. The van der Waals surface area contributed by atoms with Crippen LogP contribution in [0.25, 0.3) is 10.9 Å². The highest BCUT2D eigenvalue weighted by Gasteiger charge is 2.22. The molecule has 80 valence electrons. The number of aromatic amines is 1. The van der Waals surface area contributed by atoms with Crippen LogP contribution in [0.3, 0.4) is 0 Å². The summed E-state index contributed by atoms with van der Waals surface area (Å²) in [6, 6.07) is 6.11. The molecule has 15 heavy (non-hydrogen) atoms. The lowest BCUT2D eigenvalue weighted by Gasteiger charge is -2.10. The summed E-state index contributed by atoms with van der Waals surface area (Å²) in [5.74, 6) is 0. The number of hydrogen-bond donors (Lipinski definition) is 2. The van der Waals surface area contributed by atoms with E-state index >= 15 is 0 Å². The number of nitrogens with two attached hydrogens (primary N) is 1. The number of nitrogens with one attached hydrogen (secondary N) is 1. The van der Waals surface area contributed by atoms with Crippen LogP contribution in [0.5, 0.6) is 0 Å². The first-order valence-electron chi connectivity index (χ1n) is 4.72. The molecule has 0 fully saturated rings. The number of fused-ring (bicyclic) bond motifs is 1. The zero-order valence-corrected chi connectivity index (χ0v) is 8.30. The third-order valence-corrected chi connectivity index (χ3v) is 2.55. The first kappa shape index (κ1) is 10.1. The van der Waals surface area contributed by atoms with Crippen LogP contribution in [-0.4, -0.2) is 11.4 Å². The van der Waals surface area contributed by atoms with E-state index in [-0.39, 0.29) is 0 Å². The molecule has 0 unspecified atom stereocenters. The molecule has 2 rings (SSSR count). The Morgan fingerprint density at radius 1 is 1.27 bits per heavy atom. The van der Waals surface area contributed by atoms with E-state index in [0.717, 1.165) is 10.9 Å². The van der Waals surface area contributed by atoms with E-state index in [1.807, 2.05) is 18.2 Å². The largest absolute Gasteiger partial charge is 0.358 e. The minimum atomic E-state index is -2.54. The quantitative estimate of drug-likeness (QED) is 0.786. The summed E-state index contributed by atoms with van der Waals surface area (Å²) in [5, 5.41) is 0.780. The Bertz CT molecular complexity index is 476. The monoisotopic (exact) mass is 210 g/mol. The van der Waals surface area contributed by atoms with Crippen molar-refractivity contribution in [3.8, 4) is 0 Å². The van der Waals surface area contributed by atoms with Gasteiger partial charge >= 0.3 is 0 Å². The van der Waals surface area contributed by atoms with Crippen molar-refractivity contribution in [1.82, 2.24) is 4.98 Å². The molecular weight excluding hydrogens is 198 g/mol. The fourth-order valence-electron chi connectivity index (χ4n) is 1.85. The maximum atomic E-state index is 12.6. The number of aromatic nitrogens is 1. The minimum absolute atomic E-state index is 0.514. The van der Waals surface area contributed by atoms with Crippen LogP contribution in [0.15, 0.2) is 24.3 Å². The fraction of sp³-hybridized carbons (Fsp3) is 0.273. The molecule has 2 nitrogen and oxygen atoms in total. The zero-order valence-electron chi connectivity index (χ0n) is 8.30. The average Bonchev–Trinajstić information content (AvgIpc) is 2.52. The van der Waals surface area contributed by atoms with E-state index in [9.17, 15) is 8.78 Å². The molecule has 0 saturated heterocycles. The van der Waals surface area contributed by atoms with Crippen molar-refractivity contribution >= 4 is 10.9 Å². The lowest BCUT2D eigenvalue weighted by atomic mass is 10.0. The number of hydrogen-bond acceptors (Lipinski definition) is 1. The molecule has 0 aliphatic heterocycles. The van der Waals surface area contributed by atoms with E-state index < -0.39 is 12.5 Å². The normalized spacial score (nSPS) is 13.7. The van der Waals surface area contributed by atoms with Crippen molar-refractivity contribution < 1.29 is 8.78 Å². The zero-order chi connectivity index (χ0) is 11.0. The molecule has 1 aromatic heterocycles. The highest BCUT2D eigenvalue weighted by molar-refractivity contribution is 5.85. The van der Waals surface area contributed by atoms with Gasteiger partial charge < -0.3 is 10.7 Å². The topological polar surface area (TPSA) is 41.8 Å². The molecule has 3 N–H and O–H groups in total. The molecule has 0 radical (unpaired) electrons. The summed E-state index contributed by atoms with van der Waals surface area (Å²) in [4.78, 5) is 3.05. The van der Waals surface area contributed by atoms with Gasteiger partial charge in [0.2, 0.25) is 0 Å². The van der Waals surface area contributed by atoms with Crippen LogP contribution >= 0.6 is 0 Å². The van der Waals surface area contributed by atoms with Crippen molar-refractivity contribution in [2.24, 2.45) is 5.73 Å². The number of aryl methyl sites for hydroxylation is 1. The predicted octanol–water partition coefficient (Wildman–Crippen LogP) is 2.74. The standard InChI is InChI=1S/C11H12F2N2/c1-6-9(10(14)11(12)13)7-4-2-3-5-8(7)15-6/h2-5,10-11,15H,14H2,1H3/t10-/m1/s1. The lowest BCUT2D eigenvalue weighted by Crippen LogP contribution is -2.19. The third kappa shape index (κ3) is 1.61. The number of alkyl halides is 2. The van der Waals surface area contributed by atoms with Gasteiger partial charge in [0, 0.05) is 22.2 Å². The Morgan fingerprint density at radius 3 is 2.60 bits per heavy atom. The number of benzene rings is 1. The van der Waals surface area contributed by atoms with Gasteiger partial charge in [0.1, 0.15) is 0 Å². The van der Waals surface area contributed by atoms with Gasteiger partial charge in [0.05, 0.1) is 6.04 Å². The predicted molar refractivity (Wildman–Crippen MR) is 56.0 cm³/mol. The molecule has 4 heteroatoms. The molecule has 0 aliphatic rings. The number of rotatable bonds is 2. The van der Waals surface area contributed by atoms with E-state index in [1.165, 1.54) is 0 Å². The Hall–Kier alpha value is -1.42. The average molecular weight is 210 g/mol. The first-order chi connectivity index (χ1) is 7.11. The summed E-state index contributed by atoms with van der Waals surface area (Å²) in [6.45, 7) is 1.76. The Morgan fingerprint density at radius 2 is 1.93 bits per heavy atom. The molecule has 1 aromatic carbocycles.